The first-order chi connectivity index (χ1) is 6.11. The summed E-state index contributed by atoms with van der Waals surface area (Å²) in [5.74, 6) is -0.0321. The summed E-state index contributed by atoms with van der Waals surface area (Å²) in [4.78, 5) is 21.9. The second kappa shape index (κ2) is 4.19. The highest BCUT2D eigenvalue weighted by molar-refractivity contribution is 6.67. The standard InChI is InChI=1S/C10H9ClO2/c1-7(12)8-4-2-3-5-9(6-8)10(11)13/h2-5H,6H2,1H3. The second-order valence-electron chi connectivity index (χ2n) is 2.78. The Bertz CT molecular complexity index is 303. The molecule has 13 heavy (non-hydrogen) atoms. The van der Waals surface area contributed by atoms with Crippen LogP contribution in [0.5, 0.6) is 0 Å². The zero-order valence-corrected chi connectivity index (χ0v) is 7.97. The molecule has 1 rings (SSSR count). The molecule has 0 radical (unpaired) electrons. The highest BCUT2D eigenvalue weighted by atomic mass is 35.5. The van der Waals surface area contributed by atoms with Crippen molar-refractivity contribution in [1.29, 1.82) is 0 Å². The van der Waals surface area contributed by atoms with E-state index in [-0.39, 0.29) is 5.78 Å². The average molecular weight is 197 g/mol. The fourth-order valence-electron chi connectivity index (χ4n) is 1.04. The van der Waals surface area contributed by atoms with Crippen LogP contribution in [0.4, 0.5) is 0 Å². The van der Waals surface area contributed by atoms with Gasteiger partial charge in [0.1, 0.15) is 0 Å². The van der Waals surface area contributed by atoms with E-state index in [1.807, 2.05) is 0 Å². The maximum Gasteiger partial charge on any atom is 0.248 e. The Morgan fingerprint density at radius 1 is 1.23 bits per heavy atom. The summed E-state index contributed by atoms with van der Waals surface area (Å²) in [5, 5.41) is -0.501. The van der Waals surface area contributed by atoms with E-state index in [4.69, 9.17) is 11.6 Å². The number of hydrogen-bond acceptors (Lipinski definition) is 2. The van der Waals surface area contributed by atoms with Gasteiger partial charge in [-0.05, 0) is 24.1 Å². The van der Waals surface area contributed by atoms with Crippen molar-refractivity contribution in [3.63, 3.8) is 0 Å². The third-order valence-corrected chi connectivity index (χ3v) is 2.03. The predicted molar refractivity (Wildman–Crippen MR) is 51.5 cm³/mol. The van der Waals surface area contributed by atoms with E-state index in [0.717, 1.165) is 0 Å². The summed E-state index contributed by atoms with van der Waals surface area (Å²) >= 11 is 5.32. The largest absolute Gasteiger partial charge is 0.295 e. The third-order valence-electron chi connectivity index (χ3n) is 1.79. The summed E-state index contributed by atoms with van der Waals surface area (Å²) < 4.78 is 0. The lowest BCUT2D eigenvalue weighted by molar-refractivity contribution is -0.113. The quantitative estimate of drug-likeness (QED) is 0.635. The number of carbonyl (C=O) groups excluding carboxylic acids is 2. The van der Waals surface area contributed by atoms with E-state index in [9.17, 15) is 9.59 Å². The van der Waals surface area contributed by atoms with E-state index in [1.165, 1.54) is 6.92 Å². The first-order valence-corrected chi connectivity index (χ1v) is 4.26. The fourth-order valence-corrected chi connectivity index (χ4v) is 1.17. The molecule has 0 aromatic rings. The van der Waals surface area contributed by atoms with Crippen LogP contribution in [-0.4, -0.2) is 11.0 Å². The van der Waals surface area contributed by atoms with E-state index in [0.29, 0.717) is 17.6 Å². The number of ketones is 1. The summed E-state index contributed by atoms with van der Waals surface area (Å²) in [7, 11) is 0. The van der Waals surface area contributed by atoms with Crippen molar-refractivity contribution in [2.24, 2.45) is 0 Å². The van der Waals surface area contributed by atoms with E-state index < -0.39 is 5.24 Å². The molecule has 0 spiro atoms. The summed E-state index contributed by atoms with van der Waals surface area (Å²) in [6, 6.07) is 0. The number of hydrogen-bond donors (Lipinski definition) is 0. The Morgan fingerprint density at radius 3 is 2.23 bits per heavy atom. The summed E-state index contributed by atoms with van der Waals surface area (Å²) in [6.07, 6.45) is 7.08. The fraction of sp³-hybridized carbons (Fsp3) is 0.200. The molecule has 0 aliphatic heterocycles. The van der Waals surface area contributed by atoms with Crippen LogP contribution in [0.15, 0.2) is 35.5 Å². The van der Waals surface area contributed by atoms with Crippen molar-refractivity contribution in [3.05, 3.63) is 35.5 Å². The Hall–Kier alpha value is -1.15. The van der Waals surface area contributed by atoms with Crippen LogP contribution < -0.4 is 0 Å². The van der Waals surface area contributed by atoms with Gasteiger partial charge in [0.15, 0.2) is 5.78 Å². The van der Waals surface area contributed by atoms with Crippen LogP contribution in [0, 0.1) is 0 Å². The first-order valence-electron chi connectivity index (χ1n) is 3.88. The summed E-state index contributed by atoms with van der Waals surface area (Å²) in [6.45, 7) is 1.47. The minimum Gasteiger partial charge on any atom is -0.295 e. The molecule has 0 amide bonds. The van der Waals surface area contributed by atoms with Crippen molar-refractivity contribution >= 4 is 22.6 Å². The number of allylic oxidation sites excluding steroid dienone is 6. The van der Waals surface area contributed by atoms with Gasteiger partial charge in [0.05, 0.1) is 0 Å². The molecule has 0 aromatic heterocycles. The van der Waals surface area contributed by atoms with Gasteiger partial charge in [-0.15, -0.1) is 0 Å². The van der Waals surface area contributed by atoms with E-state index in [1.54, 1.807) is 24.3 Å². The monoisotopic (exact) mass is 196 g/mol. The van der Waals surface area contributed by atoms with Crippen molar-refractivity contribution < 1.29 is 9.59 Å². The molecule has 0 saturated carbocycles. The zero-order valence-electron chi connectivity index (χ0n) is 7.21. The molecule has 68 valence electrons. The molecule has 2 nitrogen and oxygen atoms in total. The lowest BCUT2D eigenvalue weighted by atomic mass is 10.0. The van der Waals surface area contributed by atoms with Crippen LogP contribution in [0.25, 0.3) is 0 Å². The van der Waals surface area contributed by atoms with Crippen LogP contribution in [-0.2, 0) is 9.59 Å². The number of Topliss-reactive ketones (excluding diaryl/α,β-unsaturated/α-hetero) is 1. The molecule has 0 atom stereocenters. The molecule has 0 N–H and O–H groups in total. The normalized spacial score (nSPS) is 15.8. The van der Waals surface area contributed by atoms with Crippen LogP contribution in [0.1, 0.15) is 13.3 Å². The molecule has 3 heteroatoms. The van der Waals surface area contributed by atoms with Crippen LogP contribution >= 0.6 is 11.6 Å². The van der Waals surface area contributed by atoms with Crippen molar-refractivity contribution in [2.75, 3.05) is 0 Å². The topological polar surface area (TPSA) is 34.1 Å². The second-order valence-corrected chi connectivity index (χ2v) is 3.12. The van der Waals surface area contributed by atoms with E-state index >= 15 is 0 Å². The van der Waals surface area contributed by atoms with Gasteiger partial charge >= 0.3 is 0 Å². The Morgan fingerprint density at radius 2 is 1.77 bits per heavy atom. The predicted octanol–water partition coefficient (Wildman–Crippen LogP) is 2.15. The molecule has 0 saturated heterocycles. The molecular formula is C10H9ClO2. The van der Waals surface area contributed by atoms with Crippen LogP contribution in [0.2, 0.25) is 0 Å². The van der Waals surface area contributed by atoms with E-state index in [2.05, 4.69) is 0 Å². The Labute approximate surface area is 81.6 Å². The maximum atomic E-state index is 11.0. The van der Waals surface area contributed by atoms with Gasteiger partial charge in [0.2, 0.25) is 5.24 Å². The van der Waals surface area contributed by atoms with Gasteiger partial charge in [-0.3, -0.25) is 9.59 Å². The minimum atomic E-state index is -0.501. The van der Waals surface area contributed by atoms with Gasteiger partial charge < -0.3 is 0 Å². The summed E-state index contributed by atoms with van der Waals surface area (Å²) in [5.41, 5.74) is 1.06. The van der Waals surface area contributed by atoms with Gasteiger partial charge in [-0.25, -0.2) is 0 Å². The first kappa shape index (κ1) is 9.93. The molecule has 0 unspecified atom stereocenters. The SMILES string of the molecule is CC(=O)C1=CC=CC=C(C(=O)Cl)C1. The lowest BCUT2D eigenvalue weighted by Crippen LogP contribution is -2.01. The zero-order chi connectivity index (χ0) is 9.84. The molecule has 0 bridgehead atoms. The number of carbonyl (C=O) groups is 2. The maximum absolute atomic E-state index is 11.0. The highest BCUT2D eigenvalue weighted by Crippen LogP contribution is 2.17. The Balaban J connectivity index is 2.92. The average Bonchev–Trinajstić information content (AvgIpc) is 2.28. The molecule has 1 aliphatic rings. The van der Waals surface area contributed by atoms with Gasteiger partial charge in [0.25, 0.3) is 0 Å². The van der Waals surface area contributed by atoms with Crippen LogP contribution in [0.3, 0.4) is 0 Å². The van der Waals surface area contributed by atoms with Crippen molar-refractivity contribution in [1.82, 2.24) is 0 Å². The number of halogens is 1. The molecule has 1 aliphatic carbocycles. The van der Waals surface area contributed by atoms with Gasteiger partial charge in [-0.2, -0.15) is 0 Å². The highest BCUT2D eigenvalue weighted by Gasteiger charge is 2.12. The molecule has 0 aromatic carbocycles. The minimum absolute atomic E-state index is 0.0321. The van der Waals surface area contributed by atoms with Gasteiger partial charge in [0, 0.05) is 12.0 Å². The third kappa shape index (κ3) is 2.67. The van der Waals surface area contributed by atoms with Crippen molar-refractivity contribution in [2.45, 2.75) is 13.3 Å². The smallest absolute Gasteiger partial charge is 0.248 e. The van der Waals surface area contributed by atoms with Crippen molar-refractivity contribution in [3.8, 4) is 0 Å². The lowest BCUT2D eigenvalue weighted by Gasteiger charge is -2.01. The molecule has 0 heterocycles. The molecule has 0 fully saturated rings. The Kier molecular flexibility index (Phi) is 3.20. The molecular weight excluding hydrogens is 188 g/mol. The van der Waals surface area contributed by atoms with Gasteiger partial charge in [-0.1, -0.05) is 24.3 Å². The number of rotatable bonds is 2.